The number of nitrogens with one attached hydrogen (secondary N) is 2. The Morgan fingerprint density at radius 2 is 1.77 bits per heavy atom. The van der Waals surface area contributed by atoms with E-state index in [-0.39, 0.29) is 0 Å². The number of rotatable bonds is 6. The Hall–Kier alpha value is -2.87. The Kier molecular flexibility index (Phi) is 6.56. The van der Waals surface area contributed by atoms with Gasteiger partial charge in [-0.1, -0.05) is 47.5 Å². The monoisotopic (exact) mass is 470 g/mol. The van der Waals surface area contributed by atoms with E-state index in [1.165, 1.54) is 0 Å². The summed E-state index contributed by atoms with van der Waals surface area (Å²) in [5.41, 5.74) is 4.01. The molecule has 2 aromatic heterocycles. The SMILES string of the molecule is Cc1cc(NC(=S)Nc2cnn(Cc3cccc(Cl)c3)c2)nn1Cc1ccc(Cl)cc1. The standard InChI is InChI=1S/C22H20Cl2N6S/c1-15-9-21(28-30(15)13-16-5-7-18(23)8-6-16)27-22(31)26-20-11-25-29(14-20)12-17-3-2-4-19(24)10-17/h2-11,14H,12-13H2,1H3,(H2,26,27,28,31). The van der Waals surface area contributed by atoms with E-state index < -0.39 is 0 Å². The topological polar surface area (TPSA) is 59.7 Å². The number of nitrogens with zero attached hydrogens (tertiary/aromatic N) is 4. The first-order valence-electron chi connectivity index (χ1n) is 9.58. The first-order valence-corrected chi connectivity index (χ1v) is 10.7. The molecule has 9 heteroatoms. The van der Waals surface area contributed by atoms with Gasteiger partial charge in [-0.2, -0.15) is 10.2 Å². The molecule has 0 amide bonds. The summed E-state index contributed by atoms with van der Waals surface area (Å²) in [6.45, 7) is 3.28. The number of hydrogen-bond donors (Lipinski definition) is 2. The van der Waals surface area contributed by atoms with Crippen LogP contribution in [0.25, 0.3) is 0 Å². The van der Waals surface area contributed by atoms with Crippen LogP contribution in [0.1, 0.15) is 16.8 Å². The summed E-state index contributed by atoms with van der Waals surface area (Å²) in [5, 5.41) is 17.1. The highest BCUT2D eigenvalue weighted by Gasteiger charge is 2.08. The second-order valence-corrected chi connectivity index (χ2v) is 8.37. The van der Waals surface area contributed by atoms with E-state index in [0.717, 1.165) is 27.5 Å². The molecule has 0 fully saturated rings. The summed E-state index contributed by atoms with van der Waals surface area (Å²) in [4.78, 5) is 0. The highest BCUT2D eigenvalue weighted by Crippen LogP contribution is 2.16. The lowest BCUT2D eigenvalue weighted by Gasteiger charge is -2.07. The second-order valence-electron chi connectivity index (χ2n) is 7.09. The van der Waals surface area contributed by atoms with Gasteiger partial charge in [0.2, 0.25) is 0 Å². The molecule has 0 spiro atoms. The fraction of sp³-hybridized carbons (Fsp3) is 0.136. The average molecular weight is 471 g/mol. The zero-order chi connectivity index (χ0) is 21.8. The minimum Gasteiger partial charge on any atom is -0.330 e. The van der Waals surface area contributed by atoms with Gasteiger partial charge in [-0.15, -0.1) is 0 Å². The van der Waals surface area contributed by atoms with Gasteiger partial charge in [0.05, 0.1) is 25.0 Å². The molecule has 0 atom stereocenters. The molecule has 4 aromatic rings. The van der Waals surface area contributed by atoms with Gasteiger partial charge in [-0.05, 0) is 54.5 Å². The third-order valence-electron chi connectivity index (χ3n) is 4.59. The largest absolute Gasteiger partial charge is 0.330 e. The molecule has 4 rings (SSSR count). The molecule has 2 heterocycles. The van der Waals surface area contributed by atoms with E-state index in [4.69, 9.17) is 35.4 Å². The molecular formula is C22H20Cl2N6S. The van der Waals surface area contributed by atoms with Gasteiger partial charge in [0.1, 0.15) is 0 Å². The molecule has 0 aliphatic heterocycles. The summed E-state index contributed by atoms with van der Waals surface area (Å²) in [6, 6.07) is 17.4. The predicted octanol–water partition coefficient (Wildman–Crippen LogP) is 5.60. The van der Waals surface area contributed by atoms with Crippen molar-refractivity contribution < 1.29 is 0 Å². The van der Waals surface area contributed by atoms with Gasteiger partial charge < -0.3 is 10.6 Å². The summed E-state index contributed by atoms with van der Waals surface area (Å²) in [7, 11) is 0. The van der Waals surface area contributed by atoms with Gasteiger partial charge in [-0.25, -0.2) is 0 Å². The van der Waals surface area contributed by atoms with Gasteiger partial charge in [0, 0.05) is 28.0 Å². The van der Waals surface area contributed by atoms with Crippen LogP contribution in [-0.2, 0) is 13.1 Å². The number of thiocarbonyl (C=S) groups is 1. The minimum atomic E-state index is 0.443. The van der Waals surface area contributed by atoms with Crippen molar-refractivity contribution in [3.63, 3.8) is 0 Å². The molecule has 0 saturated heterocycles. The number of halogens is 2. The van der Waals surface area contributed by atoms with E-state index in [1.54, 1.807) is 6.20 Å². The summed E-state index contributed by atoms with van der Waals surface area (Å²) in [6.07, 6.45) is 3.61. The lowest BCUT2D eigenvalue weighted by atomic mass is 10.2. The Balaban J connectivity index is 1.35. The summed E-state index contributed by atoms with van der Waals surface area (Å²) in [5.74, 6) is 0.676. The molecular weight excluding hydrogens is 451 g/mol. The Morgan fingerprint density at radius 3 is 2.55 bits per heavy atom. The first kappa shape index (κ1) is 21.4. The van der Waals surface area contributed by atoms with Gasteiger partial charge >= 0.3 is 0 Å². The fourth-order valence-corrected chi connectivity index (χ4v) is 3.67. The van der Waals surface area contributed by atoms with Crippen LogP contribution in [0.3, 0.4) is 0 Å². The Labute approximate surface area is 195 Å². The van der Waals surface area contributed by atoms with Crippen molar-refractivity contribution in [1.82, 2.24) is 19.6 Å². The summed E-state index contributed by atoms with van der Waals surface area (Å²) >= 11 is 17.4. The number of hydrogen-bond acceptors (Lipinski definition) is 3. The lowest BCUT2D eigenvalue weighted by Crippen LogP contribution is -2.19. The Morgan fingerprint density at radius 1 is 0.968 bits per heavy atom. The molecule has 158 valence electrons. The van der Waals surface area contributed by atoms with Gasteiger partial charge in [0.15, 0.2) is 10.9 Å². The van der Waals surface area contributed by atoms with Crippen molar-refractivity contribution >= 4 is 52.0 Å². The van der Waals surface area contributed by atoms with Crippen molar-refractivity contribution in [1.29, 1.82) is 0 Å². The van der Waals surface area contributed by atoms with Crippen LogP contribution >= 0.6 is 35.4 Å². The summed E-state index contributed by atoms with van der Waals surface area (Å²) < 4.78 is 3.73. The van der Waals surface area contributed by atoms with Crippen molar-refractivity contribution in [2.45, 2.75) is 20.0 Å². The van der Waals surface area contributed by atoms with Crippen LogP contribution in [0.4, 0.5) is 11.5 Å². The first-order chi connectivity index (χ1) is 14.9. The molecule has 0 aliphatic carbocycles. The molecule has 2 aromatic carbocycles. The maximum Gasteiger partial charge on any atom is 0.176 e. The second kappa shape index (κ2) is 9.51. The molecule has 2 N–H and O–H groups in total. The quantitative estimate of drug-likeness (QED) is 0.359. The highest BCUT2D eigenvalue weighted by molar-refractivity contribution is 7.80. The van der Waals surface area contributed by atoms with Gasteiger partial charge in [-0.3, -0.25) is 9.36 Å². The number of anilines is 2. The maximum absolute atomic E-state index is 6.05. The number of aromatic nitrogens is 4. The molecule has 31 heavy (non-hydrogen) atoms. The molecule has 0 bridgehead atoms. The zero-order valence-electron chi connectivity index (χ0n) is 16.7. The van der Waals surface area contributed by atoms with Crippen LogP contribution in [0.2, 0.25) is 10.0 Å². The van der Waals surface area contributed by atoms with Gasteiger partial charge in [0.25, 0.3) is 0 Å². The zero-order valence-corrected chi connectivity index (χ0v) is 19.0. The highest BCUT2D eigenvalue weighted by atomic mass is 35.5. The van der Waals surface area contributed by atoms with E-state index in [1.807, 2.05) is 77.1 Å². The van der Waals surface area contributed by atoms with E-state index in [2.05, 4.69) is 20.8 Å². The third-order valence-corrected chi connectivity index (χ3v) is 5.28. The van der Waals surface area contributed by atoms with Crippen LogP contribution in [0.5, 0.6) is 0 Å². The van der Waals surface area contributed by atoms with Crippen molar-refractivity contribution in [3.05, 3.63) is 93.9 Å². The van der Waals surface area contributed by atoms with Crippen LogP contribution in [-0.4, -0.2) is 24.7 Å². The van der Waals surface area contributed by atoms with Crippen LogP contribution in [0, 0.1) is 6.92 Å². The molecule has 6 nitrogen and oxygen atoms in total. The smallest absolute Gasteiger partial charge is 0.176 e. The predicted molar refractivity (Wildman–Crippen MR) is 130 cm³/mol. The number of benzene rings is 2. The Bertz CT molecular complexity index is 1200. The lowest BCUT2D eigenvalue weighted by molar-refractivity contribution is 0.668. The van der Waals surface area contributed by atoms with Crippen LogP contribution < -0.4 is 10.6 Å². The molecule has 0 unspecified atom stereocenters. The third kappa shape index (κ3) is 5.85. The van der Waals surface area contributed by atoms with Crippen LogP contribution in [0.15, 0.2) is 67.0 Å². The maximum atomic E-state index is 6.05. The fourth-order valence-electron chi connectivity index (χ4n) is 3.11. The van der Waals surface area contributed by atoms with Crippen molar-refractivity contribution in [3.8, 4) is 0 Å². The van der Waals surface area contributed by atoms with Crippen molar-refractivity contribution in [2.75, 3.05) is 10.6 Å². The average Bonchev–Trinajstić information content (AvgIpc) is 3.29. The minimum absolute atomic E-state index is 0.443. The molecule has 0 saturated carbocycles. The number of aryl methyl sites for hydroxylation is 1. The normalized spacial score (nSPS) is 10.8. The van der Waals surface area contributed by atoms with E-state index in [0.29, 0.717) is 29.0 Å². The van der Waals surface area contributed by atoms with Crippen molar-refractivity contribution in [2.24, 2.45) is 0 Å². The molecule has 0 aliphatic rings. The van der Waals surface area contributed by atoms with E-state index in [9.17, 15) is 0 Å². The molecule has 0 radical (unpaired) electrons. The van der Waals surface area contributed by atoms with E-state index >= 15 is 0 Å².